The number of aryl methyl sites for hydroxylation is 1. The average molecular weight is 280 g/mol. The first-order chi connectivity index (χ1) is 9.36. The molecule has 0 aromatic heterocycles. The fraction of sp³-hybridized carbons (Fsp3) is 0.429. The van der Waals surface area contributed by atoms with Gasteiger partial charge in [0, 0.05) is 26.2 Å². The van der Waals surface area contributed by atoms with Crippen molar-refractivity contribution < 1.29 is 19.8 Å². The summed E-state index contributed by atoms with van der Waals surface area (Å²) in [6.07, 6.45) is -0.0984. The summed E-state index contributed by atoms with van der Waals surface area (Å²) in [4.78, 5) is 25.8. The van der Waals surface area contributed by atoms with Crippen LogP contribution in [0, 0.1) is 6.92 Å². The van der Waals surface area contributed by atoms with Crippen molar-refractivity contribution >= 4 is 17.7 Å². The fourth-order valence-electron chi connectivity index (χ4n) is 1.86. The molecule has 0 atom stereocenters. The Hall–Kier alpha value is -2.24. The molecule has 6 nitrogen and oxygen atoms in total. The lowest BCUT2D eigenvalue weighted by molar-refractivity contribution is -0.137. The summed E-state index contributed by atoms with van der Waals surface area (Å²) < 4.78 is 0. The zero-order valence-electron chi connectivity index (χ0n) is 12.0. The van der Waals surface area contributed by atoms with E-state index in [9.17, 15) is 14.7 Å². The Labute approximate surface area is 118 Å². The van der Waals surface area contributed by atoms with Gasteiger partial charge in [0.2, 0.25) is 0 Å². The molecule has 20 heavy (non-hydrogen) atoms. The molecule has 0 heterocycles. The van der Waals surface area contributed by atoms with Crippen molar-refractivity contribution in [1.82, 2.24) is 4.90 Å². The van der Waals surface area contributed by atoms with Gasteiger partial charge in [0.05, 0.1) is 12.1 Å². The standard InChI is InChI=1S/C14H20N2O4/c1-4-16(12-9-11(17)6-5-10(12)2)14(20)15(3)8-7-13(18)19/h5-6,9,17H,4,7-8H2,1-3H3,(H,18,19). The maximum atomic E-state index is 12.3. The molecule has 0 unspecified atom stereocenters. The molecule has 0 aliphatic heterocycles. The Morgan fingerprint density at radius 2 is 1.95 bits per heavy atom. The van der Waals surface area contributed by atoms with Crippen LogP contribution in [0.5, 0.6) is 5.75 Å². The highest BCUT2D eigenvalue weighted by Gasteiger charge is 2.20. The lowest BCUT2D eigenvalue weighted by Gasteiger charge is -2.28. The van der Waals surface area contributed by atoms with Gasteiger partial charge < -0.3 is 15.1 Å². The molecule has 110 valence electrons. The van der Waals surface area contributed by atoms with Crippen LogP contribution in [-0.2, 0) is 4.79 Å². The van der Waals surface area contributed by atoms with Gasteiger partial charge in [-0.2, -0.15) is 0 Å². The van der Waals surface area contributed by atoms with E-state index >= 15 is 0 Å². The number of carbonyl (C=O) groups excluding carboxylic acids is 1. The summed E-state index contributed by atoms with van der Waals surface area (Å²) >= 11 is 0. The molecule has 2 N–H and O–H groups in total. The first kappa shape index (κ1) is 15.8. The van der Waals surface area contributed by atoms with Gasteiger partial charge >= 0.3 is 12.0 Å². The van der Waals surface area contributed by atoms with E-state index in [1.165, 1.54) is 15.9 Å². The normalized spacial score (nSPS) is 10.2. The number of phenolic OH excluding ortho intramolecular Hbond substituents is 1. The number of rotatable bonds is 5. The Kier molecular flexibility index (Phi) is 5.37. The topological polar surface area (TPSA) is 81.1 Å². The smallest absolute Gasteiger partial charge is 0.324 e. The van der Waals surface area contributed by atoms with Crippen LogP contribution in [0.2, 0.25) is 0 Å². The number of urea groups is 1. The highest BCUT2D eigenvalue weighted by molar-refractivity contribution is 5.93. The van der Waals surface area contributed by atoms with Crippen molar-refractivity contribution in [2.24, 2.45) is 0 Å². The van der Waals surface area contributed by atoms with E-state index in [1.54, 1.807) is 19.2 Å². The number of carbonyl (C=O) groups is 2. The molecule has 0 fully saturated rings. The Morgan fingerprint density at radius 1 is 1.30 bits per heavy atom. The van der Waals surface area contributed by atoms with Gasteiger partial charge in [-0.15, -0.1) is 0 Å². The maximum absolute atomic E-state index is 12.3. The largest absolute Gasteiger partial charge is 0.508 e. The third-order valence-electron chi connectivity index (χ3n) is 3.02. The molecule has 0 aliphatic rings. The van der Waals surface area contributed by atoms with Crippen LogP contribution in [0.4, 0.5) is 10.5 Å². The van der Waals surface area contributed by atoms with Gasteiger partial charge in [0.1, 0.15) is 5.75 Å². The first-order valence-corrected chi connectivity index (χ1v) is 6.40. The molecule has 0 saturated heterocycles. The van der Waals surface area contributed by atoms with Crippen LogP contribution in [0.3, 0.4) is 0 Å². The predicted molar refractivity (Wildman–Crippen MR) is 76.1 cm³/mol. The van der Waals surface area contributed by atoms with E-state index in [-0.39, 0.29) is 24.7 Å². The van der Waals surface area contributed by atoms with Crippen molar-refractivity contribution in [1.29, 1.82) is 0 Å². The Morgan fingerprint density at radius 3 is 2.50 bits per heavy atom. The highest BCUT2D eigenvalue weighted by Crippen LogP contribution is 2.25. The lowest BCUT2D eigenvalue weighted by atomic mass is 10.1. The summed E-state index contributed by atoms with van der Waals surface area (Å²) in [6, 6.07) is 4.53. The number of aliphatic carboxylic acids is 1. The van der Waals surface area contributed by atoms with E-state index in [4.69, 9.17) is 5.11 Å². The summed E-state index contributed by atoms with van der Waals surface area (Å²) in [6.45, 7) is 4.25. The van der Waals surface area contributed by atoms with E-state index in [0.717, 1.165) is 5.56 Å². The molecule has 0 bridgehead atoms. The number of amides is 2. The van der Waals surface area contributed by atoms with Gasteiger partial charge in [-0.1, -0.05) is 6.07 Å². The lowest BCUT2D eigenvalue weighted by Crippen LogP contribution is -2.42. The number of carboxylic acid groups (broad SMARTS) is 1. The number of carboxylic acids is 1. The average Bonchev–Trinajstić information content (AvgIpc) is 2.40. The van der Waals surface area contributed by atoms with Gasteiger partial charge in [-0.05, 0) is 25.5 Å². The number of hydrogen-bond donors (Lipinski definition) is 2. The quantitative estimate of drug-likeness (QED) is 0.865. The Bertz CT molecular complexity index is 502. The third kappa shape index (κ3) is 3.88. The van der Waals surface area contributed by atoms with E-state index in [2.05, 4.69) is 0 Å². The molecule has 6 heteroatoms. The van der Waals surface area contributed by atoms with Crippen molar-refractivity contribution in [2.75, 3.05) is 25.0 Å². The number of benzene rings is 1. The minimum atomic E-state index is -0.943. The predicted octanol–water partition coefficient (Wildman–Crippen LogP) is 2.05. The summed E-state index contributed by atoms with van der Waals surface area (Å²) in [5.74, 6) is -0.855. The SMILES string of the molecule is CCN(C(=O)N(C)CCC(=O)O)c1cc(O)ccc1C. The van der Waals surface area contributed by atoms with Crippen LogP contribution < -0.4 is 4.90 Å². The molecule has 2 amide bonds. The summed E-state index contributed by atoms with van der Waals surface area (Å²) in [5, 5.41) is 18.2. The van der Waals surface area contributed by atoms with Crippen LogP contribution >= 0.6 is 0 Å². The van der Waals surface area contributed by atoms with Crippen molar-refractivity contribution in [3.05, 3.63) is 23.8 Å². The van der Waals surface area contributed by atoms with E-state index in [0.29, 0.717) is 12.2 Å². The monoisotopic (exact) mass is 280 g/mol. The molecule has 0 radical (unpaired) electrons. The van der Waals surface area contributed by atoms with Crippen LogP contribution in [0.15, 0.2) is 18.2 Å². The molecule has 1 rings (SSSR count). The third-order valence-corrected chi connectivity index (χ3v) is 3.02. The van der Waals surface area contributed by atoms with Gasteiger partial charge in [-0.25, -0.2) is 4.79 Å². The maximum Gasteiger partial charge on any atom is 0.324 e. The van der Waals surface area contributed by atoms with E-state index in [1.807, 2.05) is 13.8 Å². The highest BCUT2D eigenvalue weighted by atomic mass is 16.4. The zero-order valence-corrected chi connectivity index (χ0v) is 12.0. The van der Waals surface area contributed by atoms with Crippen molar-refractivity contribution in [3.63, 3.8) is 0 Å². The molecule has 1 aromatic rings. The second-order valence-corrected chi connectivity index (χ2v) is 4.56. The second kappa shape index (κ2) is 6.79. The number of nitrogens with zero attached hydrogens (tertiary/aromatic N) is 2. The molecule has 1 aromatic carbocycles. The fourth-order valence-corrected chi connectivity index (χ4v) is 1.86. The number of hydrogen-bond acceptors (Lipinski definition) is 3. The summed E-state index contributed by atoms with van der Waals surface area (Å²) in [7, 11) is 1.56. The Balaban J connectivity index is 2.91. The van der Waals surface area contributed by atoms with E-state index < -0.39 is 5.97 Å². The molecule has 0 saturated carbocycles. The van der Waals surface area contributed by atoms with Crippen LogP contribution in [-0.4, -0.2) is 47.3 Å². The molecule has 0 aliphatic carbocycles. The van der Waals surface area contributed by atoms with Gasteiger partial charge in [0.25, 0.3) is 0 Å². The number of phenols is 1. The van der Waals surface area contributed by atoms with Crippen molar-refractivity contribution in [2.45, 2.75) is 20.3 Å². The van der Waals surface area contributed by atoms with Gasteiger partial charge in [0.15, 0.2) is 0 Å². The molecular weight excluding hydrogens is 260 g/mol. The van der Waals surface area contributed by atoms with Crippen LogP contribution in [0.1, 0.15) is 18.9 Å². The number of aromatic hydroxyl groups is 1. The van der Waals surface area contributed by atoms with Crippen LogP contribution in [0.25, 0.3) is 0 Å². The first-order valence-electron chi connectivity index (χ1n) is 6.40. The summed E-state index contributed by atoms with van der Waals surface area (Å²) in [5.41, 5.74) is 1.49. The molecular formula is C14H20N2O4. The number of anilines is 1. The second-order valence-electron chi connectivity index (χ2n) is 4.56. The van der Waals surface area contributed by atoms with Gasteiger partial charge in [-0.3, -0.25) is 9.69 Å². The minimum Gasteiger partial charge on any atom is -0.508 e. The molecule has 0 spiro atoms. The van der Waals surface area contributed by atoms with Crippen molar-refractivity contribution in [3.8, 4) is 5.75 Å². The zero-order chi connectivity index (χ0) is 15.3. The minimum absolute atomic E-state index is 0.0880.